The largest absolute Gasteiger partial charge is 0.508 e. The summed E-state index contributed by atoms with van der Waals surface area (Å²) in [5.41, 5.74) is 0.589. The zero-order valence-corrected chi connectivity index (χ0v) is 12.8. The fourth-order valence-electron chi connectivity index (χ4n) is 2.23. The van der Waals surface area contributed by atoms with Crippen molar-refractivity contribution in [3.63, 3.8) is 0 Å². The van der Waals surface area contributed by atoms with E-state index in [0.717, 1.165) is 5.56 Å². The number of benzene rings is 1. The van der Waals surface area contributed by atoms with Crippen LogP contribution in [-0.4, -0.2) is 47.5 Å². The van der Waals surface area contributed by atoms with Crippen LogP contribution in [0.3, 0.4) is 0 Å². The van der Waals surface area contributed by atoms with Gasteiger partial charge in [0.15, 0.2) is 0 Å². The average molecular weight is 293 g/mol. The summed E-state index contributed by atoms with van der Waals surface area (Å²) in [5, 5.41) is 9.28. The molecule has 1 saturated heterocycles. The number of hydrogen-bond donors (Lipinski definition) is 1. The normalized spacial score (nSPS) is 19.4. The average Bonchev–Trinajstić information content (AvgIpc) is 2.40. The molecule has 1 atom stereocenters. The Bertz CT molecular complexity index is 478. The summed E-state index contributed by atoms with van der Waals surface area (Å²) in [6, 6.07) is 7.05. The van der Waals surface area contributed by atoms with Gasteiger partial charge in [0.2, 0.25) is 0 Å². The van der Waals surface area contributed by atoms with E-state index in [4.69, 9.17) is 9.47 Å². The van der Waals surface area contributed by atoms with Gasteiger partial charge in [-0.2, -0.15) is 0 Å². The second-order valence-electron chi connectivity index (χ2n) is 6.29. The molecule has 0 aromatic heterocycles. The number of phenolic OH excluding ortho intramolecular Hbond substituents is 1. The minimum Gasteiger partial charge on any atom is -0.508 e. The Morgan fingerprint density at radius 3 is 2.67 bits per heavy atom. The Morgan fingerprint density at radius 1 is 1.38 bits per heavy atom. The lowest BCUT2D eigenvalue weighted by atomic mass is 10.1. The molecule has 1 unspecified atom stereocenters. The monoisotopic (exact) mass is 293 g/mol. The van der Waals surface area contributed by atoms with E-state index in [1.807, 2.05) is 32.9 Å². The van der Waals surface area contributed by atoms with E-state index in [0.29, 0.717) is 26.1 Å². The molecule has 0 saturated carbocycles. The molecule has 1 aliphatic rings. The van der Waals surface area contributed by atoms with Crippen LogP contribution < -0.4 is 0 Å². The number of ether oxygens (including phenoxy) is 2. The molecule has 0 radical (unpaired) electrons. The molecular weight excluding hydrogens is 270 g/mol. The maximum Gasteiger partial charge on any atom is 0.410 e. The van der Waals surface area contributed by atoms with E-state index in [1.54, 1.807) is 17.0 Å². The molecule has 5 heteroatoms. The standard InChI is InChI=1S/C16H23NO4/c1-16(2,3)21-15(19)17-8-9-20-14(11-17)10-12-4-6-13(18)7-5-12/h4-7,14,18H,8-11H2,1-3H3. The maximum absolute atomic E-state index is 12.1. The fourth-order valence-corrected chi connectivity index (χ4v) is 2.23. The Morgan fingerprint density at radius 2 is 2.05 bits per heavy atom. The molecule has 1 heterocycles. The summed E-state index contributed by atoms with van der Waals surface area (Å²) in [4.78, 5) is 13.8. The van der Waals surface area contributed by atoms with Gasteiger partial charge >= 0.3 is 6.09 Å². The molecule has 1 fully saturated rings. The van der Waals surface area contributed by atoms with Gasteiger partial charge in [-0.15, -0.1) is 0 Å². The molecule has 0 aliphatic carbocycles. The summed E-state index contributed by atoms with van der Waals surface area (Å²) in [6.45, 7) is 7.18. The zero-order chi connectivity index (χ0) is 15.5. The van der Waals surface area contributed by atoms with Gasteiger partial charge < -0.3 is 19.5 Å². The van der Waals surface area contributed by atoms with Gasteiger partial charge in [0.1, 0.15) is 11.4 Å². The number of phenols is 1. The zero-order valence-electron chi connectivity index (χ0n) is 12.8. The Kier molecular flexibility index (Phi) is 4.73. The van der Waals surface area contributed by atoms with E-state index >= 15 is 0 Å². The highest BCUT2D eigenvalue weighted by atomic mass is 16.6. The van der Waals surface area contributed by atoms with Crippen LogP contribution >= 0.6 is 0 Å². The van der Waals surface area contributed by atoms with Crippen LogP contribution in [0.2, 0.25) is 0 Å². The van der Waals surface area contributed by atoms with Crippen molar-refractivity contribution >= 4 is 6.09 Å². The number of carbonyl (C=O) groups excluding carboxylic acids is 1. The highest BCUT2D eigenvalue weighted by Gasteiger charge is 2.28. The Balaban J connectivity index is 1.91. The van der Waals surface area contributed by atoms with Gasteiger partial charge in [-0.1, -0.05) is 12.1 Å². The van der Waals surface area contributed by atoms with E-state index in [2.05, 4.69) is 0 Å². The first kappa shape index (κ1) is 15.6. The van der Waals surface area contributed by atoms with Crippen LogP contribution in [0.1, 0.15) is 26.3 Å². The van der Waals surface area contributed by atoms with Crippen molar-refractivity contribution in [2.75, 3.05) is 19.7 Å². The summed E-state index contributed by atoms with van der Waals surface area (Å²) >= 11 is 0. The summed E-state index contributed by atoms with van der Waals surface area (Å²) in [5.74, 6) is 0.249. The summed E-state index contributed by atoms with van der Waals surface area (Å²) in [7, 11) is 0. The van der Waals surface area contributed by atoms with Crippen LogP contribution in [0.25, 0.3) is 0 Å². The molecule has 1 aliphatic heterocycles. The lowest BCUT2D eigenvalue weighted by Crippen LogP contribution is -2.48. The van der Waals surface area contributed by atoms with Crippen molar-refractivity contribution in [2.24, 2.45) is 0 Å². The number of hydrogen-bond acceptors (Lipinski definition) is 4. The summed E-state index contributed by atoms with van der Waals surface area (Å²) < 4.78 is 11.1. The molecule has 0 spiro atoms. The lowest BCUT2D eigenvalue weighted by molar-refractivity contribution is -0.0415. The van der Waals surface area contributed by atoms with Gasteiger partial charge in [0.25, 0.3) is 0 Å². The first-order valence-electron chi connectivity index (χ1n) is 7.21. The highest BCUT2D eigenvalue weighted by Crippen LogP contribution is 2.17. The van der Waals surface area contributed by atoms with Crippen molar-refractivity contribution in [3.05, 3.63) is 29.8 Å². The molecule has 1 amide bonds. The molecule has 116 valence electrons. The first-order valence-corrected chi connectivity index (χ1v) is 7.21. The Hall–Kier alpha value is -1.75. The third-order valence-corrected chi connectivity index (χ3v) is 3.19. The second kappa shape index (κ2) is 6.35. The number of amides is 1. The number of nitrogens with zero attached hydrogens (tertiary/aromatic N) is 1. The van der Waals surface area contributed by atoms with Crippen LogP contribution in [-0.2, 0) is 15.9 Å². The number of aromatic hydroxyl groups is 1. The number of carbonyl (C=O) groups is 1. The van der Waals surface area contributed by atoms with E-state index in [1.165, 1.54) is 0 Å². The topological polar surface area (TPSA) is 59.0 Å². The molecule has 1 aromatic carbocycles. The third-order valence-electron chi connectivity index (χ3n) is 3.19. The van der Waals surface area contributed by atoms with Crippen molar-refractivity contribution in [2.45, 2.75) is 38.9 Å². The van der Waals surface area contributed by atoms with Gasteiger partial charge in [0.05, 0.1) is 19.3 Å². The fraction of sp³-hybridized carbons (Fsp3) is 0.562. The number of morpholine rings is 1. The van der Waals surface area contributed by atoms with E-state index in [9.17, 15) is 9.90 Å². The minimum absolute atomic E-state index is 0.0455. The van der Waals surface area contributed by atoms with Crippen molar-refractivity contribution < 1.29 is 19.4 Å². The van der Waals surface area contributed by atoms with E-state index < -0.39 is 5.60 Å². The predicted molar refractivity (Wildman–Crippen MR) is 79.4 cm³/mol. The molecule has 1 N–H and O–H groups in total. The quantitative estimate of drug-likeness (QED) is 0.910. The van der Waals surface area contributed by atoms with Crippen LogP contribution in [0.5, 0.6) is 5.75 Å². The predicted octanol–water partition coefficient (Wildman–Crippen LogP) is 2.57. The lowest BCUT2D eigenvalue weighted by Gasteiger charge is -2.34. The Labute approximate surface area is 125 Å². The van der Waals surface area contributed by atoms with Crippen molar-refractivity contribution in [1.82, 2.24) is 4.90 Å². The molecule has 1 aromatic rings. The first-order chi connectivity index (χ1) is 9.83. The van der Waals surface area contributed by atoms with E-state index in [-0.39, 0.29) is 17.9 Å². The minimum atomic E-state index is -0.484. The molecule has 2 rings (SSSR count). The molecule has 5 nitrogen and oxygen atoms in total. The van der Waals surface area contributed by atoms with Crippen LogP contribution in [0.15, 0.2) is 24.3 Å². The second-order valence-corrected chi connectivity index (χ2v) is 6.29. The SMILES string of the molecule is CC(C)(C)OC(=O)N1CCOC(Cc2ccc(O)cc2)C1. The molecule has 21 heavy (non-hydrogen) atoms. The van der Waals surface area contributed by atoms with Crippen LogP contribution in [0.4, 0.5) is 4.79 Å². The molecule has 0 bridgehead atoms. The van der Waals surface area contributed by atoms with Gasteiger partial charge in [-0.05, 0) is 38.5 Å². The van der Waals surface area contributed by atoms with Gasteiger partial charge in [-0.25, -0.2) is 4.79 Å². The van der Waals surface area contributed by atoms with Crippen molar-refractivity contribution in [3.8, 4) is 5.75 Å². The van der Waals surface area contributed by atoms with Crippen LogP contribution in [0, 0.1) is 0 Å². The highest BCUT2D eigenvalue weighted by molar-refractivity contribution is 5.68. The van der Waals surface area contributed by atoms with Crippen molar-refractivity contribution in [1.29, 1.82) is 0 Å². The molecular formula is C16H23NO4. The third kappa shape index (κ3) is 4.93. The smallest absolute Gasteiger partial charge is 0.410 e. The number of rotatable bonds is 2. The van der Waals surface area contributed by atoms with Gasteiger partial charge in [-0.3, -0.25) is 0 Å². The van der Waals surface area contributed by atoms with Gasteiger partial charge in [0, 0.05) is 13.0 Å². The summed E-state index contributed by atoms with van der Waals surface area (Å²) in [6.07, 6.45) is 0.372. The maximum atomic E-state index is 12.1.